The number of anilines is 1. The van der Waals surface area contributed by atoms with Crippen molar-refractivity contribution in [1.82, 2.24) is 0 Å². The summed E-state index contributed by atoms with van der Waals surface area (Å²) >= 11 is 0. The van der Waals surface area contributed by atoms with Gasteiger partial charge in [-0.1, -0.05) is 36.4 Å². The lowest BCUT2D eigenvalue weighted by Crippen LogP contribution is -2.56. The first-order valence-corrected chi connectivity index (χ1v) is 10.5. The van der Waals surface area contributed by atoms with E-state index in [4.69, 9.17) is 23.7 Å². The second-order valence-corrected chi connectivity index (χ2v) is 7.51. The standard InChI is InChI=1S/C26H25NO7/c1-30-19-11-10-17(12-20(19)34-15-16-8-6-5-7-9-16)23-24(28)26(29)27(23)18-13-21(31-2)25(33-4)22(14-18)32-3/h5-14,23H,15H2,1-4H3. The largest absolute Gasteiger partial charge is 0.493 e. The fourth-order valence-electron chi connectivity index (χ4n) is 3.89. The number of ether oxygens (including phenoxy) is 5. The maximum atomic E-state index is 12.7. The van der Waals surface area contributed by atoms with Crippen molar-refractivity contribution in [3.63, 3.8) is 0 Å². The van der Waals surface area contributed by atoms with Gasteiger partial charge < -0.3 is 23.7 Å². The van der Waals surface area contributed by atoms with E-state index in [2.05, 4.69) is 0 Å². The van der Waals surface area contributed by atoms with Crippen molar-refractivity contribution in [2.24, 2.45) is 0 Å². The van der Waals surface area contributed by atoms with E-state index < -0.39 is 17.7 Å². The Bertz CT molecular complexity index is 1180. The molecule has 8 heteroatoms. The highest BCUT2D eigenvalue weighted by molar-refractivity contribution is 6.51. The summed E-state index contributed by atoms with van der Waals surface area (Å²) in [5.74, 6) is 1.01. The minimum atomic E-state index is -0.819. The molecule has 0 saturated carbocycles. The van der Waals surface area contributed by atoms with E-state index in [1.807, 2.05) is 30.3 Å². The number of β-lactam (4-membered cyclic amide) rings is 1. The number of hydrogen-bond acceptors (Lipinski definition) is 7. The fourth-order valence-corrected chi connectivity index (χ4v) is 3.89. The third kappa shape index (κ3) is 4.10. The number of rotatable bonds is 9. The van der Waals surface area contributed by atoms with Crippen LogP contribution in [0.1, 0.15) is 17.2 Å². The molecule has 1 atom stereocenters. The lowest BCUT2D eigenvalue weighted by molar-refractivity contribution is -0.143. The Morgan fingerprint density at radius 2 is 1.38 bits per heavy atom. The Kier molecular flexibility index (Phi) is 6.58. The number of methoxy groups -OCH3 is 4. The molecule has 3 aromatic carbocycles. The number of amides is 1. The van der Waals surface area contributed by atoms with Gasteiger partial charge in [-0.2, -0.15) is 0 Å². The number of carbonyl (C=O) groups excluding carboxylic acids is 2. The van der Waals surface area contributed by atoms with Crippen LogP contribution in [-0.4, -0.2) is 40.1 Å². The molecular formula is C26H25NO7. The number of benzene rings is 3. The van der Waals surface area contributed by atoms with Crippen LogP contribution in [0.2, 0.25) is 0 Å². The number of ketones is 1. The maximum Gasteiger partial charge on any atom is 0.297 e. The molecule has 176 valence electrons. The molecule has 1 amide bonds. The summed E-state index contributed by atoms with van der Waals surface area (Å²) in [6, 6.07) is 17.3. The van der Waals surface area contributed by atoms with Crippen molar-refractivity contribution in [2.75, 3.05) is 33.3 Å². The Morgan fingerprint density at radius 3 is 1.97 bits per heavy atom. The lowest BCUT2D eigenvalue weighted by Gasteiger charge is -2.39. The number of nitrogens with zero attached hydrogens (tertiary/aromatic N) is 1. The Labute approximate surface area is 197 Å². The van der Waals surface area contributed by atoms with Gasteiger partial charge in [-0.05, 0) is 23.3 Å². The Hall–Kier alpha value is -4.20. The topological polar surface area (TPSA) is 83.5 Å². The highest BCUT2D eigenvalue weighted by atomic mass is 16.5. The molecule has 4 rings (SSSR count). The zero-order valence-corrected chi connectivity index (χ0v) is 19.4. The van der Waals surface area contributed by atoms with Gasteiger partial charge in [0, 0.05) is 12.1 Å². The third-order valence-corrected chi connectivity index (χ3v) is 5.60. The molecule has 3 aromatic rings. The molecule has 1 saturated heterocycles. The summed E-state index contributed by atoms with van der Waals surface area (Å²) in [4.78, 5) is 26.7. The molecule has 1 aliphatic rings. The summed E-state index contributed by atoms with van der Waals surface area (Å²) in [7, 11) is 6.02. The first-order chi connectivity index (χ1) is 16.5. The van der Waals surface area contributed by atoms with E-state index in [-0.39, 0.29) is 0 Å². The number of carbonyl (C=O) groups is 2. The second kappa shape index (κ2) is 9.74. The van der Waals surface area contributed by atoms with E-state index in [1.54, 1.807) is 37.4 Å². The zero-order chi connectivity index (χ0) is 24.2. The van der Waals surface area contributed by atoms with Crippen molar-refractivity contribution in [3.8, 4) is 28.7 Å². The molecule has 0 bridgehead atoms. The lowest BCUT2D eigenvalue weighted by atomic mass is 9.91. The average Bonchev–Trinajstić information content (AvgIpc) is 2.89. The summed E-state index contributed by atoms with van der Waals surface area (Å²) in [5.41, 5.74) is 2.04. The maximum absolute atomic E-state index is 12.7. The van der Waals surface area contributed by atoms with Crippen molar-refractivity contribution >= 4 is 17.4 Å². The summed E-state index contributed by atoms with van der Waals surface area (Å²) in [6.45, 7) is 0.328. The molecular weight excluding hydrogens is 438 g/mol. The Morgan fingerprint density at radius 1 is 0.735 bits per heavy atom. The molecule has 0 aliphatic carbocycles. The van der Waals surface area contributed by atoms with E-state index in [0.29, 0.717) is 46.6 Å². The second-order valence-electron chi connectivity index (χ2n) is 7.51. The van der Waals surface area contributed by atoms with Crippen LogP contribution in [0.15, 0.2) is 60.7 Å². The Balaban J connectivity index is 1.68. The molecule has 0 aromatic heterocycles. The van der Waals surface area contributed by atoms with Gasteiger partial charge in [0.05, 0.1) is 34.1 Å². The molecule has 0 spiro atoms. The summed E-state index contributed by atoms with van der Waals surface area (Å²) < 4.78 is 27.6. The molecule has 34 heavy (non-hydrogen) atoms. The van der Waals surface area contributed by atoms with Crippen LogP contribution >= 0.6 is 0 Å². The average molecular weight is 463 g/mol. The van der Waals surface area contributed by atoms with Gasteiger partial charge >= 0.3 is 0 Å². The molecule has 1 heterocycles. The van der Waals surface area contributed by atoms with E-state index in [9.17, 15) is 9.59 Å². The van der Waals surface area contributed by atoms with Crippen LogP contribution in [0, 0.1) is 0 Å². The minimum Gasteiger partial charge on any atom is -0.493 e. The van der Waals surface area contributed by atoms with Crippen molar-refractivity contribution < 1.29 is 33.3 Å². The molecule has 0 N–H and O–H groups in total. The van der Waals surface area contributed by atoms with Crippen LogP contribution in [0.4, 0.5) is 5.69 Å². The summed E-state index contributed by atoms with van der Waals surface area (Å²) in [5, 5.41) is 0. The SMILES string of the molecule is COc1ccc(C2C(=O)C(=O)N2c2cc(OC)c(OC)c(OC)c2)cc1OCc1ccccc1. The zero-order valence-electron chi connectivity index (χ0n) is 19.4. The monoisotopic (exact) mass is 463 g/mol. The minimum absolute atomic E-state index is 0.328. The highest BCUT2D eigenvalue weighted by Gasteiger charge is 2.48. The fraction of sp³-hybridized carbons (Fsp3) is 0.231. The predicted octanol–water partition coefficient (Wildman–Crippen LogP) is 3.96. The molecule has 0 radical (unpaired) electrons. The van der Waals surface area contributed by atoms with Crippen LogP contribution in [0.25, 0.3) is 0 Å². The molecule has 1 aliphatic heterocycles. The van der Waals surface area contributed by atoms with Gasteiger partial charge in [0.1, 0.15) is 12.6 Å². The van der Waals surface area contributed by atoms with Crippen LogP contribution in [0.3, 0.4) is 0 Å². The van der Waals surface area contributed by atoms with Crippen molar-refractivity contribution in [1.29, 1.82) is 0 Å². The third-order valence-electron chi connectivity index (χ3n) is 5.60. The van der Waals surface area contributed by atoms with E-state index >= 15 is 0 Å². The van der Waals surface area contributed by atoms with Gasteiger partial charge in [0.25, 0.3) is 5.91 Å². The first-order valence-electron chi connectivity index (χ1n) is 10.5. The highest BCUT2D eigenvalue weighted by Crippen LogP contribution is 2.46. The van der Waals surface area contributed by atoms with Gasteiger partial charge in [0.2, 0.25) is 11.5 Å². The van der Waals surface area contributed by atoms with Gasteiger partial charge in [0.15, 0.2) is 23.0 Å². The van der Waals surface area contributed by atoms with Crippen LogP contribution in [0.5, 0.6) is 28.7 Å². The van der Waals surface area contributed by atoms with E-state index in [0.717, 1.165) is 5.56 Å². The van der Waals surface area contributed by atoms with Gasteiger partial charge in [-0.15, -0.1) is 0 Å². The van der Waals surface area contributed by atoms with E-state index in [1.165, 1.54) is 26.2 Å². The summed E-state index contributed by atoms with van der Waals surface area (Å²) in [6.07, 6.45) is 0. The predicted molar refractivity (Wildman–Crippen MR) is 125 cm³/mol. The van der Waals surface area contributed by atoms with Gasteiger partial charge in [-0.25, -0.2) is 0 Å². The number of Topliss-reactive ketones (excluding diaryl/α,β-unsaturated/α-hetero) is 1. The molecule has 8 nitrogen and oxygen atoms in total. The number of hydrogen-bond donors (Lipinski definition) is 0. The molecule has 1 unspecified atom stereocenters. The quantitative estimate of drug-likeness (QED) is 0.351. The first kappa shape index (κ1) is 23.0. The van der Waals surface area contributed by atoms with Crippen LogP contribution in [-0.2, 0) is 16.2 Å². The smallest absolute Gasteiger partial charge is 0.297 e. The van der Waals surface area contributed by atoms with Crippen molar-refractivity contribution in [3.05, 3.63) is 71.8 Å². The van der Waals surface area contributed by atoms with Crippen molar-refractivity contribution in [2.45, 2.75) is 12.6 Å². The normalized spacial score (nSPS) is 14.9. The van der Waals surface area contributed by atoms with Gasteiger partial charge in [-0.3, -0.25) is 14.5 Å². The van der Waals surface area contributed by atoms with Crippen LogP contribution < -0.4 is 28.6 Å². The molecule has 1 fully saturated rings.